The summed E-state index contributed by atoms with van der Waals surface area (Å²) < 4.78 is 57.8. The minimum Gasteiger partial charge on any atom is -0.465 e. The Kier molecular flexibility index (Phi) is 6.27. The van der Waals surface area contributed by atoms with E-state index in [1.54, 1.807) is 0 Å². The SMILES string of the molecule is C=CCC(F)(F)c1cc(C(O)C2CCCCN2C(=O)O)c2cccc(C(C)(F)F)c2n1. The minimum atomic E-state index is -3.50. The molecule has 2 aromatic rings. The number of hydrogen-bond acceptors (Lipinski definition) is 3. The number of aliphatic hydroxyl groups is 1. The molecule has 3 rings (SSSR count). The average molecular weight is 440 g/mol. The van der Waals surface area contributed by atoms with Crippen LogP contribution in [0.3, 0.4) is 0 Å². The molecule has 0 saturated carbocycles. The van der Waals surface area contributed by atoms with Crippen molar-refractivity contribution in [2.45, 2.75) is 56.6 Å². The molecule has 2 atom stereocenters. The van der Waals surface area contributed by atoms with Gasteiger partial charge in [-0.2, -0.15) is 8.78 Å². The average Bonchev–Trinajstić information content (AvgIpc) is 2.71. The molecule has 1 aliphatic rings. The molecule has 1 aromatic heterocycles. The van der Waals surface area contributed by atoms with Gasteiger partial charge in [0.2, 0.25) is 0 Å². The first-order valence-electron chi connectivity index (χ1n) is 9.96. The van der Waals surface area contributed by atoms with Crippen LogP contribution in [0.2, 0.25) is 0 Å². The number of amides is 1. The van der Waals surface area contributed by atoms with Crippen LogP contribution >= 0.6 is 0 Å². The number of carboxylic acid groups (broad SMARTS) is 1. The summed E-state index contributed by atoms with van der Waals surface area (Å²) in [5.41, 5.74) is -1.72. The normalized spacial score (nSPS) is 18.8. The zero-order valence-electron chi connectivity index (χ0n) is 17.0. The number of halogens is 4. The monoisotopic (exact) mass is 440 g/mol. The molecule has 2 unspecified atom stereocenters. The van der Waals surface area contributed by atoms with Crippen LogP contribution in [0, 0.1) is 0 Å². The lowest BCUT2D eigenvalue weighted by Crippen LogP contribution is -2.46. The lowest BCUT2D eigenvalue weighted by atomic mass is 9.89. The zero-order valence-corrected chi connectivity index (χ0v) is 17.0. The number of aliphatic hydroxyl groups excluding tert-OH is 1. The van der Waals surface area contributed by atoms with E-state index in [1.807, 2.05) is 0 Å². The van der Waals surface area contributed by atoms with E-state index in [9.17, 15) is 32.6 Å². The van der Waals surface area contributed by atoms with Crippen LogP contribution in [0.15, 0.2) is 36.9 Å². The number of likely N-dealkylation sites (tertiary alicyclic amines) is 1. The van der Waals surface area contributed by atoms with Crippen molar-refractivity contribution in [3.63, 3.8) is 0 Å². The minimum absolute atomic E-state index is 0.0482. The van der Waals surface area contributed by atoms with Crippen LogP contribution in [0.5, 0.6) is 0 Å². The highest BCUT2D eigenvalue weighted by Gasteiger charge is 2.38. The molecule has 0 bridgehead atoms. The second kappa shape index (κ2) is 8.45. The molecular weight excluding hydrogens is 416 g/mol. The molecule has 168 valence electrons. The summed E-state index contributed by atoms with van der Waals surface area (Å²) in [4.78, 5) is 16.6. The molecule has 1 aromatic carbocycles. The molecule has 1 fully saturated rings. The van der Waals surface area contributed by atoms with Gasteiger partial charge < -0.3 is 15.1 Å². The number of pyridine rings is 1. The van der Waals surface area contributed by atoms with Crippen molar-refractivity contribution >= 4 is 17.0 Å². The molecule has 9 heteroatoms. The number of aromatic nitrogens is 1. The Bertz CT molecular complexity index is 991. The first-order chi connectivity index (χ1) is 14.5. The Morgan fingerprint density at radius 1 is 1.35 bits per heavy atom. The number of nitrogens with zero attached hydrogens (tertiary/aromatic N) is 2. The van der Waals surface area contributed by atoms with Gasteiger partial charge in [0.05, 0.1) is 11.6 Å². The van der Waals surface area contributed by atoms with Crippen molar-refractivity contribution in [3.8, 4) is 0 Å². The van der Waals surface area contributed by atoms with E-state index in [-0.39, 0.29) is 23.0 Å². The molecule has 2 N–H and O–H groups in total. The van der Waals surface area contributed by atoms with Crippen molar-refractivity contribution in [2.24, 2.45) is 0 Å². The summed E-state index contributed by atoms with van der Waals surface area (Å²) in [6.07, 6.45) is -0.917. The fraction of sp³-hybridized carbons (Fsp3) is 0.455. The first-order valence-corrected chi connectivity index (χ1v) is 9.96. The second-order valence-corrected chi connectivity index (χ2v) is 7.87. The Hall–Kier alpha value is -2.68. The molecule has 2 heterocycles. The summed E-state index contributed by atoms with van der Waals surface area (Å²) in [7, 11) is 0. The molecule has 1 amide bonds. The van der Waals surface area contributed by atoms with Gasteiger partial charge in [0.1, 0.15) is 11.8 Å². The van der Waals surface area contributed by atoms with Gasteiger partial charge in [-0.1, -0.05) is 24.3 Å². The second-order valence-electron chi connectivity index (χ2n) is 7.87. The largest absolute Gasteiger partial charge is 0.465 e. The molecule has 1 aliphatic heterocycles. The van der Waals surface area contributed by atoms with Crippen LogP contribution in [0.25, 0.3) is 10.9 Å². The van der Waals surface area contributed by atoms with E-state index in [2.05, 4.69) is 11.6 Å². The fourth-order valence-corrected chi connectivity index (χ4v) is 4.08. The third-order valence-electron chi connectivity index (χ3n) is 5.60. The highest BCUT2D eigenvalue weighted by Crippen LogP contribution is 2.40. The number of rotatable bonds is 6. The van der Waals surface area contributed by atoms with E-state index in [1.165, 1.54) is 12.1 Å². The summed E-state index contributed by atoms with van der Waals surface area (Å²) in [5, 5.41) is 20.7. The van der Waals surface area contributed by atoms with Crippen molar-refractivity contribution in [3.05, 3.63) is 53.7 Å². The molecule has 0 aliphatic carbocycles. The van der Waals surface area contributed by atoms with Crippen molar-refractivity contribution in [1.82, 2.24) is 9.88 Å². The maximum absolute atomic E-state index is 14.7. The number of allylic oxidation sites excluding steroid dienone is 1. The Balaban J connectivity index is 2.26. The van der Waals surface area contributed by atoms with Crippen molar-refractivity contribution < 1.29 is 32.6 Å². The summed E-state index contributed by atoms with van der Waals surface area (Å²) in [6, 6.07) is 3.96. The topological polar surface area (TPSA) is 73.7 Å². The Labute approximate surface area is 177 Å². The summed E-state index contributed by atoms with van der Waals surface area (Å²) >= 11 is 0. The number of fused-ring (bicyclic) bond motifs is 1. The lowest BCUT2D eigenvalue weighted by molar-refractivity contribution is -0.00627. The van der Waals surface area contributed by atoms with Gasteiger partial charge in [-0.3, -0.25) is 0 Å². The van der Waals surface area contributed by atoms with Crippen LogP contribution in [-0.2, 0) is 11.8 Å². The number of carbonyl (C=O) groups is 1. The van der Waals surface area contributed by atoms with Crippen molar-refractivity contribution in [1.29, 1.82) is 0 Å². The maximum atomic E-state index is 14.7. The third-order valence-corrected chi connectivity index (χ3v) is 5.60. The third kappa shape index (κ3) is 4.51. The predicted octanol–water partition coefficient (Wildman–Crippen LogP) is 5.58. The quantitative estimate of drug-likeness (QED) is 0.454. The lowest BCUT2D eigenvalue weighted by Gasteiger charge is -2.37. The molecule has 31 heavy (non-hydrogen) atoms. The van der Waals surface area contributed by atoms with E-state index in [0.717, 1.165) is 23.1 Å². The van der Waals surface area contributed by atoms with Gasteiger partial charge in [0, 0.05) is 30.8 Å². The predicted molar refractivity (Wildman–Crippen MR) is 107 cm³/mol. The summed E-state index contributed by atoms with van der Waals surface area (Å²) in [5.74, 6) is -6.86. The van der Waals surface area contributed by atoms with Gasteiger partial charge in [-0.05, 0) is 30.9 Å². The van der Waals surface area contributed by atoms with E-state index >= 15 is 0 Å². The van der Waals surface area contributed by atoms with E-state index in [4.69, 9.17) is 0 Å². The fourth-order valence-electron chi connectivity index (χ4n) is 4.08. The van der Waals surface area contributed by atoms with Gasteiger partial charge >= 0.3 is 6.09 Å². The first kappa shape index (κ1) is 23.0. The van der Waals surface area contributed by atoms with Crippen LogP contribution in [0.4, 0.5) is 22.4 Å². The van der Waals surface area contributed by atoms with Crippen molar-refractivity contribution in [2.75, 3.05) is 6.54 Å². The zero-order chi connectivity index (χ0) is 23.0. The standard InChI is InChI=1S/C22H24F4N2O3/c1-3-10-22(25,26)17-12-14(19(29)16-9-4-5-11-28(16)20(30)31)13-7-6-8-15(18(13)27-17)21(2,23)24/h3,6-8,12,16,19,29H,1,4-5,9-11H2,2H3,(H,30,31). The number of alkyl halides is 4. The van der Waals surface area contributed by atoms with E-state index < -0.39 is 47.8 Å². The van der Waals surface area contributed by atoms with E-state index in [0.29, 0.717) is 26.2 Å². The Morgan fingerprint density at radius 2 is 2.06 bits per heavy atom. The molecule has 5 nitrogen and oxygen atoms in total. The van der Waals surface area contributed by atoms with Gasteiger partial charge in [0.15, 0.2) is 0 Å². The maximum Gasteiger partial charge on any atom is 0.407 e. The van der Waals surface area contributed by atoms with Gasteiger partial charge in [-0.15, -0.1) is 6.58 Å². The molecular formula is C22H24F4N2O3. The van der Waals surface area contributed by atoms with Gasteiger partial charge in [0.25, 0.3) is 11.8 Å². The number of hydrogen-bond donors (Lipinski definition) is 2. The number of benzene rings is 1. The van der Waals surface area contributed by atoms with Crippen LogP contribution in [-0.4, -0.2) is 38.8 Å². The molecule has 0 spiro atoms. The van der Waals surface area contributed by atoms with Gasteiger partial charge in [-0.25, -0.2) is 18.6 Å². The van der Waals surface area contributed by atoms with Crippen LogP contribution in [0.1, 0.15) is 55.5 Å². The van der Waals surface area contributed by atoms with Crippen LogP contribution < -0.4 is 0 Å². The highest BCUT2D eigenvalue weighted by atomic mass is 19.3. The molecule has 1 saturated heterocycles. The highest BCUT2D eigenvalue weighted by molar-refractivity contribution is 5.86. The number of piperidine rings is 1. The summed E-state index contributed by atoms with van der Waals surface area (Å²) in [6.45, 7) is 4.13. The number of para-hydroxylation sites is 1. The smallest absolute Gasteiger partial charge is 0.407 e. The molecule has 0 radical (unpaired) electrons. The Morgan fingerprint density at radius 3 is 2.68 bits per heavy atom.